The zero-order valence-corrected chi connectivity index (χ0v) is 21.1. The number of nitrogens with zero attached hydrogens (tertiary/aromatic N) is 5. The number of hydrogen-bond donors (Lipinski definition) is 2. The van der Waals surface area contributed by atoms with Crippen LogP contribution in [0.3, 0.4) is 0 Å². The van der Waals surface area contributed by atoms with Crippen molar-refractivity contribution in [3.8, 4) is 0 Å². The first-order valence-corrected chi connectivity index (χ1v) is 11.1. The Labute approximate surface area is 211 Å². The van der Waals surface area contributed by atoms with Crippen molar-refractivity contribution in [1.29, 1.82) is 0 Å². The fraction of sp³-hybridized carbons (Fsp3) is 0.476. The minimum atomic E-state index is 0. The highest BCUT2D eigenvalue weighted by molar-refractivity contribution is 6.42. The van der Waals surface area contributed by atoms with Crippen LogP contribution in [0.25, 0.3) is 0 Å². The number of hydrogen-bond acceptors (Lipinski definition) is 5. The van der Waals surface area contributed by atoms with Crippen LogP contribution < -0.4 is 16.0 Å². The van der Waals surface area contributed by atoms with Crippen molar-refractivity contribution >= 4 is 71.4 Å². The molecule has 2 fully saturated rings. The summed E-state index contributed by atoms with van der Waals surface area (Å²) in [5.74, 6) is 1.44. The van der Waals surface area contributed by atoms with Crippen LogP contribution in [0.5, 0.6) is 0 Å². The van der Waals surface area contributed by atoms with E-state index < -0.39 is 0 Å². The minimum Gasteiger partial charge on any atom is -0.369 e. The number of rotatable bonds is 4. The van der Waals surface area contributed by atoms with Gasteiger partial charge in [0, 0.05) is 36.6 Å². The number of piperidine rings is 1. The summed E-state index contributed by atoms with van der Waals surface area (Å²) in [7, 11) is 0. The number of benzene rings is 1. The molecule has 0 amide bonds. The molecule has 3 N–H and O–H groups in total. The van der Waals surface area contributed by atoms with Crippen LogP contribution in [-0.2, 0) is 0 Å². The number of halogens is 4. The molecule has 0 bridgehead atoms. The van der Waals surface area contributed by atoms with Crippen molar-refractivity contribution in [2.75, 3.05) is 36.4 Å². The van der Waals surface area contributed by atoms with Crippen molar-refractivity contribution < 1.29 is 0 Å². The van der Waals surface area contributed by atoms with E-state index in [0.29, 0.717) is 27.7 Å². The lowest BCUT2D eigenvalue weighted by Crippen LogP contribution is -2.44. The molecule has 0 unspecified atom stereocenters. The third kappa shape index (κ3) is 6.75. The Bertz CT molecular complexity index is 926. The zero-order chi connectivity index (χ0) is 21.1. The molecule has 2 aliphatic heterocycles. The highest BCUT2D eigenvalue weighted by atomic mass is 35.5. The number of aromatic nitrogens is 2. The summed E-state index contributed by atoms with van der Waals surface area (Å²) in [5.41, 5.74) is 7.62. The molecule has 2 saturated heterocycles. The van der Waals surface area contributed by atoms with E-state index in [1.165, 1.54) is 38.8 Å². The summed E-state index contributed by atoms with van der Waals surface area (Å²) in [5, 5.41) is 3.93. The molecular weight excluding hydrogens is 492 g/mol. The van der Waals surface area contributed by atoms with Gasteiger partial charge in [-0.15, -0.1) is 24.8 Å². The maximum absolute atomic E-state index is 6.06. The summed E-state index contributed by atoms with van der Waals surface area (Å²) in [4.78, 5) is 18.4. The van der Waals surface area contributed by atoms with Gasteiger partial charge in [-0.25, -0.2) is 4.98 Å². The van der Waals surface area contributed by atoms with Gasteiger partial charge in [0.2, 0.25) is 5.96 Å². The summed E-state index contributed by atoms with van der Waals surface area (Å²) >= 11 is 12.0. The lowest BCUT2D eigenvalue weighted by Gasteiger charge is -2.37. The molecule has 32 heavy (non-hydrogen) atoms. The van der Waals surface area contributed by atoms with E-state index in [-0.39, 0.29) is 30.8 Å². The summed E-state index contributed by atoms with van der Waals surface area (Å²) in [6.45, 7) is 6.45. The minimum absolute atomic E-state index is 0. The fourth-order valence-corrected chi connectivity index (χ4v) is 4.47. The van der Waals surface area contributed by atoms with Gasteiger partial charge >= 0.3 is 0 Å². The first kappa shape index (κ1) is 26.7. The van der Waals surface area contributed by atoms with Crippen molar-refractivity contribution in [3.63, 3.8) is 0 Å². The van der Waals surface area contributed by atoms with Crippen molar-refractivity contribution in [2.24, 2.45) is 10.7 Å². The molecule has 11 heteroatoms. The molecule has 7 nitrogen and oxygen atoms in total. The van der Waals surface area contributed by atoms with Gasteiger partial charge in [-0.3, -0.25) is 0 Å². The summed E-state index contributed by atoms with van der Waals surface area (Å²) in [6, 6.07) is 7.89. The number of likely N-dealkylation sites (tertiary alicyclic amines) is 1. The van der Waals surface area contributed by atoms with Gasteiger partial charge in [-0.1, -0.05) is 23.2 Å². The smallest absolute Gasteiger partial charge is 0.254 e. The summed E-state index contributed by atoms with van der Waals surface area (Å²) in [6.07, 6.45) is 5.01. The lowest BCUT2D eigenvalue weighted by molar-refractivity contribution is 0.207. The van der Waals surface area contributed by atoms with E-state index in [4.69, 9.17) is 28.9 Å². The Kier molecular flexibility index (Phi) is 10.1. The lowest BCUT2D eigenvalue weighted by atomic mass is 10.0. The summed E-state index contributed by atoms with van der Waals surface area (Å²) < 4.78 is 0. The number of anilines is 2. The first-order chi connectivity index (χ1) is 14.5. The van der Waals surface area contributed by atoms with Gasteiger partial charge in [-0.05, 0) is 63.9 Å². The van der Waals surface area contributed by atoms with Crippen LogP contribution in [0.1, 0.15) is 31.4 Å². The predicted octanol–water partition coefficient (Wildman–Crippen LogP) is 5.06. The molecule has 0 saturated carbocycles. The topological polar surface area (TPSA) is 82.7 Å². The third-order valence-corrected chi connectivity index (χ3v) is 6.43. The Hall–Kier alpha value is -1.51. The van der Waals surface area contributed by atoms with Gasteiger partial charge in [-0.2, -0.15) is 9.98 Å². The number of nitrogens with one attached hydrogen (secondary N) is 1. The SMILES string of the molecule is Cc1cc(N2CCC(N3CCCC3)CC2)nc(/N=C(\N)Nc2ccc(Cl)c(Cl)c2)n1.Cl.Cl. The predicted molar refractivity (Wildman–Crippen MR) is 139 cm³/mol. The number of aryl methyl sites for hydroxylation is 1. The standard InChI is InChI=1S/C21H27Cl2N7.2ClH/c1-14-12-19(30-10-6-16(7-11-30)29-8-2-3-9-29)27-21(25-14)28-20(24)26-15-4-5-17(22)18(23)13-15;;/h4-5,12-13,16H,2-3,6-11H2,1H3,(H3,24,25,26,27,28);2*1H. The molecule has 1 aromatic carbocycles. The second-order valence-corrected chi connectivity index (χ2v) is 8.69. The molecule has 1 aromatic heterocycles. The molecule has 4 rings (SSSR count). The van der Waals surface area contributed by atoms with E-state index in [2.05, 4.69) is 30.1 Å². The normalized spacial score (nSPS) is 17.6. The van der Waals surface area contributed by atoms with Crippen LogP contribution in [0.4, 0.5) is 17.5 Å². The van der Waals surface area contributed by atoms with Crippen molar-refractivity contribution in [2.45, 2.75) is 38.6 Å². The molecule has 3 heterocycles. The monoisotopic (exact) mass is 519 g/mol. The van der Waals surface area contributed by atoms with Gasteiger partial charge in [0.05, 0.1) is 10.0 Å². The van der Waals surface area contributed by atoms with Crippen LogP contribution in [0.2, 0.25) is 10.0 Å². The van der Waals surface area contributed by atoms with Crippen LogP contribution >= 0.6 is 48.0 Å². The van der Waals surface area contributed by atoms with E-state index in [1.54, 1.807) is 18.2 Å². The van der Waals surface area contributed by atoms with Crippen LogP contribution in [0.15, 0.2) is 29.3 Å². The van der Waals surface area contributed by atoms with Crippen LogP contribution in [-0.4, -0.2) is 53.0 Å². The van der Waals surface area contributed by atoms with E-state index >= 15 is 0 Å². The first-order valence-electron chi connectivity index (χ1n) is 10.4. The number of nitrogens with two attached hydrogens (primary N) is 1. The fourth-order valence-electron chi connectivity index (χ4n) is 4.17. The van der Waals surface area contributed by atoms with Gasteiger partial charge in [0.15, 0.2) is 0 Å². The quantitative estimate of drug-likeness (QED) is 0.433. The molecule has 0 radical (unpaired) electrons. The van der Waals surface area contributed by atoms with Gasteiger partial charge in [0.1, 0.15) is 5.82 Å². The Morgan fingerprint density at radius 3 is 2.38 bits per heavy atom. The number of guanidine groups is 1. The second-order valence-electron chi connectivity index (χ2n) is 7.88. The highest BCUT2D eigenvalue weighted by Crippen LogP contribution is 2.26. The van der Waals surface area contributed by atoms with Gasteiger partial charge in [0.25, 0.3) is 5.95 Å². The van der Waals surface area contributed by atoms with E-state index in [1.807, 2.05) is 13.0 Å². The van der Waals surface area contributed by atoms with Gasteiger partial charge < -0.3 is 20.9 Å². The molecule has 0 spiro atoms. The molecular formula is C21H29Cl4N7. The largest absolute Gasteiger partial charge is 0.369 e. The molecule has 2 aliphatic rings. The maximum Gasteiger partial charge on any atom is 0.254 e. The van der Waals surface area contributed by atoms with Crippen molar-refractivity contribution in [3.05, 3.63) is 40.0 Å². The zero-order valence-electron chi connectivity index (χ0n) is 17.9. The van der Waals surface area contributed by atoms with E-state index in [9.17, 15) is 0 Å². The second kappa shape index (κ2) is 12.1. The number of aliphatic imine (C=N–C) groups is 1. The van der Waals surface area contributed by atoms with Crippen molar-refractivity contribution in [1.82, 2.24) is 14.9 Å². The van der Waals surface area contributed by atoms with Crippen LogP contribution in [0, 0.1) is 6.92 Å². The van der Waals surface area contributed by atoms with E-state index in [0.717, 1.165) is 24.6 Å². The third-order valence-electron chi connectivity index (χ3n) is 5.69. The maximum atomic E-state index is 6.06. The molecule has 0 atom stereocenters. The molecule has 2 aromatic rings. The highest BCUT2D eigenvalue weighted by Gasteiger charge is 2.27. The molecule has 176 valence electrons. The Balaban J connectivity index is 0.00000181. The Morgan fingerprint density at radius 2 is 1.72 bits per heavy atom. The average Bonchev–Trinajstić information content (AvgIpc) is 3.25. The average molecular weight is 521 g/mol. The molecule has 0 aliphatic carbocycles. The Morgan fingerprint density at radius 1 is 1.03 bits per heavy atom.